The van der Waals surface area contributed by atoms with Gasteiger partial charge in [0.15, 0.2) is 11.0 Å². The van der Waals surface area contributed by atoms with Crippen molar-refractivity contribution in [3.63, 3.8) is 0 Å². The van der Waals surface area contributed by atoms with Crippen LogP contribution in [0.25, 0.3) is 0 Å². The van der Waals surface area contributed by atoms with E-state index in [-0.39, 0.29) is 17.6 Å². The summed E-state index contributed by atoms with van der Waals surface area (Å²) in [5.74, 6) is 1.14. The van der Waals surface area contributed by atoms with Crippen molar-refractivity contribution < 1.29 is 9.59 Å². The van der Waals surface area contributed by atoms with Crippen molar-refractivity contribution in [3.8, 4) is 0 Å². The summed E-state index contributed by atoms with van der Waals surface area (Å²) in [6.07, 6.45) is 3.71. The highest BCUT2D eigenvalue weighted by Crippen LogP contribution is 2.20. The lowest BCUT2D eigenvalue weighted by molar-refractivity contribution is -0.131. The SMILES string of the molecule is CCn1c(CN2CCCCCC2=O)nnc1SCC(=O)Nc1ccccc1. The van der Waals surface area contributed by atoms with Crippen molar-refractivity contribution in [3.05, 3.63) is 36.2 Å². The Hall–Kier alpha value is -2.35. The number of rotatable bonds is 7. The number of aromatic nitrogens is 3. The molecule has 0 radical (unpaired) electrons. The minimum Gasteiger partial charge on any atom is -0.335 e. The van der Waals surface area contributed by atoms with E-state index in [1.54, 1.807) is 0 Å². The number of carbonyl (C=O) groups is 2. The molecule has 144 valence electrons. The van der Waals surface area contributed by atoms with Crippen molar-refractivity contribution >= 4 is 29.3 Å². The first-order valence-electron chi connectivity index (χ1n) is 9.35. The summed E-state index contributed by atoms with van der Waals surface area (Å²) in [6, 6.07) is 9.38. The lowest BCUT2D eigenvalue weighted by Gasteiger charge is -2.20. The minimum atomic E-state index is -0.0823. The Morgan fingerprint density at radius 3 is 2.78 bits per heavy atom. The van der Waals surface area contributed by atoms with Crippen molar-refractivity contribution in [1.29, 1.82) is 0 Å². The zero-order chi connectivity index (χ0) is 19.1. The number of benzene rings is 1. The highest BCUT2D eigenvalue weighted by molar-refractivity contribution is 7.99. The van der Waals surface area contributed by atoms with E-state index in [1.165, 1.54) is 11.8 Å². The normalized spacial score (nSPS) is 14.9. The highest BCUT2D eigenvalue weighted by Gasteiger charge is 2.21. The standard InChI is InChI=1S/C19H25N5O2S/c1-2-24-16(13-23-12-8-4-7-11-18(23)26)21-22-19(24)27-14-17(25)20-15-9-5-3-6-10-15/h3,5-6,9-10H,2,4,7-8,11-14H2,1H3,(H,20,25). The van der Waals surface area contributed by atoms with E-state index < -0.39 is 0 Å². The molecule has 3 rings (SSSR count). The van der Waals surface area contributed by atoms with Gasteiger partial charge in [-0.15, -0.1) is 10.2 Å². The number of nitrogens with zero attached hydrogens (tertiary/aromatic N) is 4. The maximum absolute atomic E-state index is 12.2. The molecule has 0 aliphatic carbocycles. The van der Waals surface area contributed by atoms with Crippen LogP contribution < -0.4 is 5.32 Å². The summed E-state index contributed by atoms with van der Waals surface area (Å²) in [6.45, 7) is 3.98. The molecule has 1 N–H and O–H groups in total. The van der Waals surface area contributed by atoms with E-state index in [2.05, 4.69) is 15.5 Å². The van der Waals surface area contributed by atoms with Crippen LogP contribution >= 0.6 is 11.8 Å². The Kier molecular flexibility index (Phi) is 6.86. The number of nitrogens with one attached hydrogen (secondary N) is 1. The number of para-hydroxylation sites is 1. The Morgan fingerprint density at radius 1 is 1.19 bits per heavy atom. The first-order chi connectivity index (χ1) is 13.2. The van der Waals surface area contributed by atoms with Gasteiger partial charge in [-0.05, 0) is 31.9 Å². The Balaban J connectivity index is 1.60. The molecule has 1 aliphatic rings. The van der Waals surface area contributed by atoms with Gasteiger partial charge in [-0.1, -0.05) is 36.4 Å². The first kappa shape index (κ1) is 19.4. The third-order valence-electron chi connectivity index (χ3n) is 4.50. The van der Waals surface area contributed by atoms with Crippen LogP contribution in [-0.4, -0.2) is 43.8 Å². The number of likely N-dealkylation sites (tertiary alicyclic amines) is 1. The van der Waals surface area contributed by atoms with Gasteiger partial charge in [0, 0.05) is 25.2 Å². The van der Waals surface area contributed by atoms with E-state index >= 15 is 0 Å². The van der Waals surface area contributed by atoms with Crippen LogP contribution in [0.15, 0.2) is 35.5 Å². The molecule has 8 heteroatoms. The molecule has 1 fully saturated rings. The van der Waals surface area contributed by atoms with Crippen molar-refractivity contribution in [1.82, 2.24) is 19.7 Å². The number of thioether (sulfide) groups is 1. The molecule has 1 aromatic carbocycles. The van der Waals surface area contributed by atoms with Crippen LogP contribution in [0.1, 0.15) is 38.4 Å². The largest absolute Gasteiger partial charge is 0.335 e. The predicted octanol–water partition coefficient (Wildman–Crippen LogP) is 2.93. The van der Waals surface area contributed by atoms with Crippen LogP contribution in [0.4, 0.5) is 5.69 Å². The molecule has 2 heterocycles. The van der Waals surface area contributed by atoms with Gasteiger partial charge < -0.3 is 14.8 Å². The number of hydrogen-bond acceptors (Lipinski definition) is 5. The molecule has 2 amide bonds. The Bertz CT molecular complexity index is 778. The Morgan fingerprint density at radius 2 is 2.00 bits per heavy atom. The van der Waals surface area contributed by atoms with Crippen LogP contribution in [0.3, 0.4) is 0 Å². The fourth-order valence-electron chi connectivity index (χ4n) is 3.09. The molecule has 1 aliphatic heterocycles. The van der Waals surface area contributed by atoms with Gasteiger partial charge in [0.1, 0.15) is 0 Å². The summed E-state index contributed by atoms with van der Waals surface area (Å²) < 4.78 is 1.98. The smallest absolute Gasteiger partial charge is 0.234 e. The molecular weight excluding hydrogens is 362 g/mol. The fourth-order valence-corrected chi connectivity index (χ4v) is 3.91. The molecule has 0 bridgehead atoms. The van der Waals surface area contributed by atoms with E-state index in [9.17, 15) is 9.59 Å². The molecule has 0 unspecified atom stereocenters. The first-order valence-corrected chi connectivity index (χ1v) is 10.3. The van der Waals surface area contributed by atoms with Crippen LogP contribution in [-0.2, 0) is 22.7 Å². The molecule has 0 saturated carbocycles. The van der Waals surface area contributed by atoms with Crippen LogP contribution in [0, 0.1) is 0 Å². The highest BCUT2D eigenvalue weighted by atomic mass is 32.2. The summed E-state index contributed by atoms with van der Waals surface area (Å²) in [5.41, 5.74) is 0.778. The molecule has 0 spiro atoms. The monoisotopic (exact) mass is 387 g/mol. The summed E-state index contributed by atoms with van der Waals surface area (Å²) in [5, 5.41) is 12.1. The quantitative estimate of drug-likeness (QED) is 0.739. The minimum absolute atomic E-state index is 0.0823. The lowest BCUT2D eigenvalue weighted by Crippen LogP contribution is -2.31. The summed E-state index contributed by atoms with van der Waals surface area (Å²) in [4.78, 5) is 26.2. The number of anilines is 1. The molecule has 7 nitrogen and oxygen atoms in total. The average molecular weight is 388 g/mol. The van der Waals surface area contributed by atoms with E-state index in [0.717, 1.165) is 37.3 Å². The third-order valence-corrected chi connectivity index (χ3v) is 5.47. The van der Waals surface area contributed by atoms with Gasteiger partial charge in [0.25, 0.3) is 0 Å². The second kappa shape index (κ2) is 9.55. The van der Waals surface area contributed by atoms with Gasteiger partial charge in [-0.25, -0.2) is 0 Å². The zero-order valence-corrected chi connectivity index (χ0v) is 16.4. The molecular formula is C19H25N5O2S. The molecule has 0 atom stereocenters. The van der Waals surface area contributed by atoms with Gasteiger partial charge >= 0.3 is 0 Å². The van der Waals surface area contributed by atoms with Crippen molar-refractivity contribution in [2.75, 3.05) is 17.6 Å². The van der Waals surface area contributed by atoms with Gasteiger partial charge in [0.05, 0.1) is 12.3 Å². The van der Waals surface area contributed by atoms with Crippen LogP contribution in [0.5, 0.6) is 0 Å². The molecule has 1 saturated heterocycles. The number of carbonyl (C=O) groups excluding carboxylic acids is 2. The average Bonchev–Trinajstić information content (AvgIpc) is 2.95. The second-order valence-electron chi connectivity index (χ2n) is 6.47. The van der Waals surface area contributed by atoms with E-state index in [0.29, 0.717) is 24.7 Å². The van der Waals surface area contributed by atoms with Gasteiger partial charge in [0.2, 0.25) is 11.8 Å². The topological polar surface area (TPSA) is 80.1 Å². The maximum Gasteiger partial charge on any atom is 0.234 e. The van der Waals surface area contributed by atoms with Gasteiger partial charge in [-0.2, -0.15) is 0 Å². The number of hydrogen-bond donors (Lipinski definition) is 1. The van der Waals surface area contributed by atoms with Crippen molar-refractivity contribution in [2.45, 2.75) is 50.9 Å². The fraction of sp³-hybridized carbons (Fsp3) is 0.474. The van der Waals surface area contributed by atoms with Gasteiger partial charge in [-0.3, -0.25) is 9.59 Å². The van der Waals surface area contributed by atoms with Crippen LogP contribution in [0.2, 0.25) is 0 Å². The summed E-state index contributed by atoms with van der Waals surface area (Å²) in [7, 11) is 0. The van der Waals surface area contributed by atoms with E-state index in [1.807, 2.05) is 46.7 Å². The van der Waals surface area contributed by atoms with Crippen molar-refractivity contribution in [2.24, 2.45) is 0 Å². The summed E-state index contributed by atoms with van der Waals surface area (Å²) >= 11 is 1.36. The predicted molar refractivity (Wildman–Crippen MR) is 105 cm³/mol. The molecule has 27 heavy (non-hydrogen) atoms. The third kappa shape index (κ3) is 5.32. The van der Waals surface area contributed by atoms with E-state index in [4.69, 9.17) is 0 Å². The molecule has 2 aromatic rings. The maximum atomic E-state index is 12.2. The molecule has 1 aromatic heterocycles. The number of amides is 2. The zero-order valence-electron chi connectivity index (χ0n) is 15.6. The second-order valence-corrected chi connectivity index (χ2v) is 7.41. The lowest BCUT2D eigenvalue weighted by atomic mass is 10.2. The Labute approximate surface area is 163 Å².